The second kappa shape index (κ2) is 7.69. The Labute approximate surface area is 137 Å². The summed E-state index contributed by atoms with van der Waals surface area (Å²) in [5.74, 6) is 0. The van der Waals surface area contributed by atoms with E-state index in [2.05, 4.69) is 19.6 Å². The van der Waals surface area contributed by atoms with Gasteiger partial charge in [0, 0.05) is 0 Å². The molecule has 0 amide bonds. The van der Waals surface area contributed by atoms with Gasteiger partial charge in [-0.1, -0.05) is 56.2 Å². The summed E-state index contributed by atoms with van der Waals surface area (Å²) in [5, 5.41) is 22.4. The van der Waals surface area contributed by atoms with Gasteiger partial charge in [-0.15, -0.1) is 5.46 Å². The first-order valence-corrected chi connectivity index (χ1v) is 7.83. The van der Waals surface area contributed by atoms with Gasteiger partial charge in [0.25, 0.3) is 0 Å². The average Bonchev–Trinajstić information content (AvgIpc) is 2.03. The number of hydrogen-bond donors (Lipinski definition) is 0. The fraction of sp³-hybridized carbons (Fsp3) is 0.333. The van der Waals surface area contributed by atoms with E-state index in [1.54, 1.807) is 12.1 Å². The normalized spacial score (nSPS) is 9.93. The van der Waals surface area contributed by atoms with E-state index < -0.39 is 15.2 Å². The van der Waals surface area contributed by atoms with E-state index in [0.29, 0.717) is 5.46 Å². The Kier molecular flexibility index (Phi) is 9.63. The second-order valence-electron chi connectivity index (χ2n) is 4.20. The molecule has 0 spiro atoms. The first kappa shape index (κ1) is 18.8. The molecule has 0 heterocycles. The fourth-order valence-electron chi connectivity index (χ4n) is 1.14. The molecule has 1 aromatic carbocycles. The van der Waals surface area contributed by atoms with E-state index >= 15 is 0 Å². The molecule has 0 atom stereocenters. The third-order valence-electron chi connectivity index (χ3n) is 2.05. The molecule has 6 heteroatoms. The number of benzene rings is 1. The molecule has 0 aliphatic carbocycles. The molecule has 0 aliphatic rings. The Morgan fingerprint density at radius 1 is 0.933 bits per heavy atom. The molecule has 0 N–H and O–H groups in total. The summed E-state index contributed by atoms with van der Waals surface area (Å²) >= 11 is 0. The molecule has 0 radical (unpaired) electrons. The van der Waals surface area contributed by atoms with Crippen molar-refractivity contribution in [1.29, 1.82) is 0 Å². The quantitative estimate of drug-likeness (QED) is 0.480. The summed E-state index contributed by atoms with van der Waals surface area (Å²) in [6, 6.07) is 7.12. The largest absolute Gasteiger partial charge is 1.00 e. The Morgan fingerprint density at radius 2 is 1.33 bits per heavy atom. The van der Waals surface area contributed by atoms with Gasteiger partial charge in [-0.2, -0.15) is 0 Å². The van der Waals surface area contributed by atoms with Crippen molar-refractivity contribution < 1.29 is 69.2 Å². The van der Waals surface area contributed by atoms with Crippen LogP contribution in [0, 0.1) is 0 Å². The smallest absolute Gasteiger partial charge is 0.889 e. The molecule has 70 valence electrons. The van der Waals surface area contributed by atoms with Crippen molar-refractivity contribution >= 4 is 25.8 Å². The maximum atomic E-state index is 10.5. The number of hydrogen-bond acceptors (Lipinski definition) is 2. The molecule has 0 fully saturated rings. The monoisotopic (exact) mass is 238 g/mol. The topological polar surface area (TPSA) is 46.1 Å². The van der Waals surface area contributed by atoms with Gasteiger partial charge < -0.3 is 10.0 Å². The first-order valence-electron chi connectivity index (χ1n) is 4.33. The molecular weight excluding hydrogens is 225 g/mol. The van der Waals surface area contributed by atoms with Gasteiger partial charge in [-0.25, -0.2) is 0 Å². The van der Waals surface area contributed by atoms with Crippen molar-refractivity contribution in [2.24, 2.45) is 0 Å². The molecule has 0 saturated heterocycles. The second-order valence-corrected chi connectivity index (χ2v) is 9.28. The van der Waals surface area contributed by atoms with Crippen LogP contribution in [0.5, 0.6) is 0 Å². The molecular formula is C9H13BNa2O2Si. The van der Waals surface area contributed by atoms with Crippen LogP contribution in [0.2, 0.25) is 19.6 Å². The van der Waals surface area contributed by atoms with Gasteiger partial charge in [0.2, 0.25) is 0 Å². The number of rotatable bonds is 2. The summed E-state index contributed by atoms with van der Waals surface area (Å²) in [6.07, 6.45) is 0. The summed E-state index contributed by atoms with van der Waals surface area (Å²) in [7, 11) is -3.15. The van der Waals surface area contributed by atoms with E-state index in [1.807, 2.05) is 12.1 Å². The zero-order valence-electron chi connectivity index (χ0n) is 10.2. The molecule has 1 aromatic rings. The maximum Gasteiger partial charge on any atom is 1.00 e. The van der Waals surface area contributed by atoms with Crippen LogP contribution in [0.4, 0.5) is 0 Å². The van der Waals surface area contributed by atoms with Crippen LogP contribution < -0.4 is 79.8 Å². The summed E-state index contributed by atoms with van der Waals surface area (Å²) in [5.41, 5.74) is 0.335. The minimum absolute atomic E-state index is 0. The van der Waals surface area contributed by atoms with Crippen LogP contribution >= 0.6 is 0 Å². The van der Waals surface area contributed by atoms with Gasteiger partial charge in [-0.3, -0.25) is 0 Å². The maximum absolute atomic E-state index is 10.5. The van der Waals surface area contributed by atoms with Gasteiger partial charge in [0.15, 0.2) is 0 Å². The third-order valence-corrected chi connectivity index (χ3v) is 4.11. The van der Waals surface area contributed by atoms with Crippen LogP contribution in [-0.2, 0) is 0 Å². The van der Waals surface area contributed by atoms with Crippen LogP contribution in [0.25, 0.3) is 0 Å². The van der Waals surface area contributed by atoms with E-state index in [0.717, 1.165) is 0 Å². The molecule has 0 aromatic heterocycles. The molecule has 0 saturated carbocycles. The van der Waals surface area contributed by atoms with Crippen molar-refractivity contribution in [3.63, 3.8) is 0 Å². The summed E-state index contributed by atoms with van der Waals surface area (Å²) < 4.78 is 0. The van der Waals surface area contributed by atoms with E-state index in [9.17, 15) is 10.0 Å². The van der Waals surface area contributed by atoms with Crippen molar-refractivity contribution in [3.05, 3.63) is 24.3 Å². The summed E-state index contributed by atoms with van der Waals surface area (Å²) in [6.45, 7) is 6.69. The Balaban J connectivity index is 0. The van der Waals surface area contributed by atoms with Crippen LogP contribution in [0.3, 0.4) is 0 Å². The molecule has 15 heavy (non-hydrogen) atoms. The predicted octanol–water partition coefficient (Wildman–Crippen LogP) is -7.34. The van der Waals surface area contributed by atoms with Gasteiger partial charge in [-0.05, 0) is 0 Å². The first-order chi connectivity index (χ1) is 5.91. The van der Waals surface area contributed by atoms with E-state index in [1.165, 1.54) is 5.19 Å². The van der Waals surface area contributed by atoms with Crippen molar-refractivity contribution in [1.82, 2.24) is 0 Å². The van der Waals surface area contributed by atoms with Crippen molar-refractivity contribution in [2.45, 2.75) is 19.6 Å². The van der Waals surface area contributed by atoms with Crippen LogP contribution in [0.1, 0.15) is 0 Å². The predicted molar refractivity (Wildman–Crippen MR) is 54.8 cm³/mol. The Morgan fingerprint density at radius 3 is 1.60 bits per heavy atom. The molecule has 0 bridgehead atoms. The van der Waals surface area contributed by atoms with Gasteiger partial charge in [0.05, 0.1) is 8.07 Å². The van der Waals surface area contributed by atoms with Crippen LogP contribution in [0.15, 0.2) is 24.3 Å². The van der Waals surface area contributed by atoms with Gasteiger partial charge >= 0.3 is 59.1 Å². The van der Waals surface area contributed by atoms with Crippen molar-refractivity contribution in [2.75, 3.05) is 0 Å². The van der Waals surface area contributed by atoms with E-state index in [4.69, 9.17) is 0 Å². The molecule has 1 rings (SSSR count). The fourth-order valence-corrected chi connectivity index (χ4v) is 2.31. The summed E-state index contributed by atoms with van der Waals surface area (Å²) in [4.78, 5) is 0. The Hall–Kier alpha value is 1.42. The zero-order valence-corrected chi connectivity index (χ0v) is 15.2. The van der Waals surface area contributed by atoms with Gasteiger partial charge in [0.1, 0.15) is 0 Å². The van der Waals surface area contributed by atoms with Crippen molar-refractivity contribution in [3.8, 4) is 0 Å². The Bertz CT molecular complexity index is 285. The SMILES string of the molecule is C[Si](C)(C)c1ccc(B([O-])[O-])cc1.[Na+].[Na+]. The van der Waals surface area contributed by atoms with E-state index in [-0.39, 0.29) is 59.1 Å². The average molecular weight is 238 g/mol. The zero-order chi connectivity index (χ0) is 10.1. The van der Waals surface area contributed by atoms with Crippen LogP contribution in [-0.4, -0.2) is 15.2 Å². The molecule has 0 unspecified atom stereocenters. The molecule has 2 nitrogen and oxygen atoms in total. The minimum Gasteiger partial charge on any atom is -0.889 e. The standard InChI is InChI=1S/C9H13BO2Si.2Na/c1-13(2,3)9-6-4-8(5-7-9)10(11)12;;/h4-7H,1-3H3;;/q-2;2*+1. The third kappa shape index (κ3) is 6.05. The minimum atomic E-state index is -1.85. The molecule has 0 aliphatic heterocycles.